The first-order valence-electron chi connectivity index (χ1n) is 13.5. The molecule has 228 valence electrons. The number of nitrogens with zero attached hydrogens (tertiary/aromatic N) is 3. The number of phenolic OH excluding ortho intramolecular Hbond substituents is 2. The predicted octanol–water partition coefficient (Wildman–Crippen LogP) is 5.40. The lowest BCUT2D eigenvalue weighted by Crippen LogP contribution is -2.42. The third kappa shape index (κ3) is 7.61. The van der Waals surface area contributed by atoms with Gasteiger partial charge in [0, 0.05) is 23.4 Å². The zero-order chi connectivity index (χ0) is 32.5. The third-order valence-electron chi connectivity index (χ3n) is 6.53. The van der Waals surface area contributed by atoms with Gasteiger partial charge in [-0.2, -0.15) is 4.99 Å². The molecule has 0 aliphatic carbocycles. The van der Waals surface area contributed by atoms with Gasteiger partial charge in [-0.3, -0.25) is 29.4 Å². The maximum Gasteiger partial charge on any atom is 0.311 e. The van der Waals surface area contributed by atoms with Gasteiger partial charge in [0.25, 0.3) is 11.8 Å². The van der Waals surface area contributed by atoms with Crippen molar-refractivity contribution in [3.8, 4) is 11.5 Å². The number of amides is 3. The molecule has 3 N–H and O–H groups in total. The van der Waals surface area contributed by atoms with Gasteiger partial charge in [-0.05, 0) is 30.2 Å². The molecule has 1 heterocycles. The standard InChI is InChI=1S/C33H28N4O7S/c1-3-5-16-24(4-2)36-32(42)25(17-23-18-26(37(43)44)28(39)19-27(23)38)31(41)35-33(36)45-20-29(40)34-30(21-12-8-6-9-13-21)22-14-10-7-11-15-22/h3-19,30,38-39H,1,20H2,2H3,(H,34,40)/b16-5-,24-4+,25-17+. The number of thioether (sulfide) groups is 1. The Balaban J connectivity index is 1.66. The van der Waals surface area contributed by atoms with E-state index in [0.29, 0.717) is 5.70 Å². The molecule has 4 rings (SSSR count). The Kier molecular flexibility index (Phi) is 10.5. The van der Waals surface area contributed by atoms with Gasteiger partial charge in [0.1, 0.15) is 11.3 Å². The Morgan fingerprint density at radius 1 is 1.07 bits per heavy atom. The largest absolute Gasteiger partial charge is 0.507 e. The number of benzene rings is 3. The normalized spacial score (nSPS) is 14.6. The molecule has 0 spiro atoms. The molecule has 0 fully saturated rings. The van der Waals surface area contributed by atoms with Gasteiger partial charge in [0.15, 0.2) is 10.9 Å². The van der Waals surface area contributed by atoms with Gasteiger partial charge in [-0.1, -0.05) is 97.2 Å². The smallest absolute Gasteiger partial charge is 0.311 e. The fraction of sp³-hybridized carbons (Fsp3) is 0.0909. The van der Waals surface area contributed by atoms with Crippen LogP contribution in [-0.2, 0) is 14.4 Å². The van der Waals surface area contributed by atoms with E-state index in [0.717, 1.165) is 46.0 Å². The summed E-state index contributed by atoms with van der Waals surface area (Å²) in [4.78, 5) is 55.8. The van der Waals surface area contributed by atoms with Crippen LogP contribution < -0.4 is 5.32 Å². The molecular formula is C33H28N4O7S. The minimum Gasteiger partial charge on any atom is -0.507 e. The molecule has 0 bridgehead atoms. The van der Waals surface area contributed by atoms with Crippen LogP contribution in [0.3, 0.4) is 0 Å². The third-order valence-corrected chi connectivity index (χ3v) is 7.47. The highest BCUT2D eigenvalue weighted by Crippen LogP contribution is 2.35. The van der Waals surface area contributed by atoms with Crippen molar-refractivity contribution < 1.29 is 29.5 Å². The van der Waals surface area contributed by atoms with Crippen LogP contribution in [-0.4, -0.2) is 48.7 Å². The summed E-state index contributed by atoms with van der Waals surface area (Å²) in [5, 5.41) is 34.3. The first-order chi connectivity index (χ1) is 21.6. The van der Waals surface area contributed by atoms with E-state index in [1.165, 1.54) is 6.08 Å². The van der Waals surface area contributed by atoms with Crippen LogP contribution in [0, 0.1) is 10.1 Å². The Morgan fingerprint density at radius 3 is 2.24 bits per heavy atom. The van der Waals surface area contributed by atoms with E-state index < -0.39 is 45.5 Å². The van der Waals surface area contributed by atoms with Crippen molar-refractivity contribution in [2.24, 2.45) is 4.99 Å². The van der Waals surface area contributed by atoms with E-state index in [1.54, 1.807) is 25.2 Å². The van der Waals surface area contributed by atoms with Crippen LogP contribution >= 0.6 is 11.8 Å². The molecule has 11 nitrogen and oxygen atoms in total. The summed E-state index contributed by atoms with van der Waals surface area (Å²) in [6, 6.07) is 19.9. The lowest BCUT2D eigenvalue weighted by molar-refractivity contribution is -0.385. The Morgan fingerprint density at radius 2 is 1.69 bits per heavy atom. The number of nitrogens with one attached hydrogen (secondary N) is 1. The number of hydrogen-bond acceptors (Lipinski definition) is 8. The molecule has 12 heteroatoms. The fourth-order valence-corrected chi connectivity index (χ4v) is 5.20. The number of carbonyl (C=O) groups is 3. The average molecular weight is 625 g/mol. The number of aromatic hydroxyl groups is 2. The lowest BCUT2D eigenvalue weighted by Gasteiger charge is -2.28. The number of aliphatic imine (C=N–C) groups is 1. The summed E-state index contributed by atoms with van der Waals surface area (Å²) in [5.74, 6) is -3.79. The Labute approximate surface area is 262 Å². The molecule has 3 aromatic carbocycles. The molecule has 0 unspecified atom stereocenters. The first kappa shape index (κ1) is 32.2. The van der Waals surface area contributed by atoms with Gasteiger partial charge in [-0.25, -0.2) is 0 Å². The molecule has 3 aromatic rings. The number of nitro benzene ring substituents is 1. The van der Waals surface area contributed by atoms with E-state index in [9.17, 15) is 34.7 Å². The minimum atomic E-state index is -0.983. The van der Waals surface area contributed by atoms with Crippen molar-refractivity contribution in [1.29, 1.82) is 0 Å². The Hall–Kier alpha value is -5.75. The van der Waals surface area contributed by atoms with Crippen LogP contribution in [0.15, 0.2) is 120 Å². The predicted molar refractivity (Wildman–Crippen MR) is 172 cm³/mol. The van der Waals surface area contributed by atoms with Crippen LogP contribution in [0.1, 0.15) is 29.7 Å². The SMILES string of the molecule is C=C/C=C\C(=C/C)N1C(=O)/C(=C/c2cc([N+](=O)[O-])c(O)cc2O)C(=O)N=C1SCC(=O)NC(c1ccccc1)c1ccccc1. The quantitative estimate of drug-likeness (QED) is 0.0888. The molecule has 1 aliphatic heterocycles. The second kappa shape index (κ2) is 14.6. The molecule has 0 radical (unpaired) electrons. The second-order valence-electron chi connectivity index (χ2n) is 9.47. The zero-order valence-corrected chi connectivity index (χ0v) is 24.8. The van der Waals surface area contributed by atoms with Crippen molar-refractivity contribution in [2.45, 2.75) is 13.0 Å². The topological polar surface area (TPSA) is 162 Å². The van der Waals surface area contributed by atoms with Crippen LogP contribution in [0.25, 0.3) is 6.08 Å². The van der Waals surface area contributed by atoms with Crippen LogP contribution in [0.4, 0.5) is 5.69 Å². The molecule has 45 heavy (non-hydrogen) atoms. The van der Waals surface area contributed by atoms with Crippen molar-refractivity contribution in [2.75, 3.05) is 5.75 Å². The van der Waals surface area contributed by atoms with Crippen molar-refractivity contribution in [1.82, 2.24) is 10.2 Å². The van der Waals surface area contributed by atoms with Crippen molar-refractivity contribution in [3.63, 3.8) is 0 Å². The summed E-state index contributed by atoms with van der Waals surface area (Å²) < 4.78 is 0. The van der Waals surface area contributed by atoms with Gasteiger partial charge < -0.3 is 15.5 Å². The molecular weight excluding hydrogens is 596 g/mol. The van der Waals surface area contributed by atoms with Crippen LogP contribution in [0.5, 0.6) is 11.5 Å². The zero-order valence-electron chi connectivity index (χ0n) is 24.0. The van der Waals surface area contributed by atoms with E-state index in [1.807, 2.05) is 60.7 Å². The number of allylic oxidation sites excluding steroid dienone is 4. The number of phenols is 2. The van der Waals surface area contributed by atoms with Gasteiger partial charge in [0.2, 0.25) is 5.91 Å². The van der Waals surface area contributed by atoms with E-state index in [-0.39, 0.29) is 22.4 Å². The molecule has 0 saturated carbocycles. The molecule has 0 aromatic heterocycles. The maximum atomic E-state index is 13.8. The summed E-state index contributed by atoms with van der Waals surface area (Å²) in [6.45, 7) is 5.29. The summed E-state index contributed by atoms with van der Waals surface area (Å²) >= 11 is 0.873. The van der Waals surface area contributed by atoms with Crippen molar-refractivity contribution in [3.05, 3.63) is 142 Å². The van der Waals surface area contributed by atoms with Gasteiger partial charge in [0.05, 0.1) is 16.7 Å². The van der Waals surface area contributed by atoms with Gasteiger partial charge in [-0.15, -0.1) is 0 Å². The number of nitro groups is 1. The lowest BCUT2D eigenvalue weighted by atomic mass is 9.99. The minimum absolute atomic E-state index is 0.0732. The molecule has 0 saturated heterocycles. The highest BCUT2D eigenvalue weighted by molar-refractivity contribution is 8.14. The Bertz CT molecular complexity index is 1730. The number of hydrogen-bond donors (Lipinski definition) is 3. The van der Waals surface area contributed by atoms with E-state index in [2.05, 4.69) is 16.9 Å². The highest BCUT2D eigenvalue weighted by Gasteiger charge is 2.35. The number of amidine groups is 1. The fourth-order valence-electron chi connectivity index (χ4n) is 4.39. The summed E-state index contributed by atoms with van der Waals surface area (Å²) in [7, 11) is 0. The van der Waals surface area contributed by atoms with E-state index >= 15 is 0 Å². The maximum absolute atomic E-state index is 13.8. The average Bonchev–Trinajstić information content (AvgIpc) is 3.03. The van der Waals surface area contributed by atoms with Crippen molar-refractivity contribution >= 4 is 46.4 Å². The molecule has 3 amide bonds. The number of rotatable bonds is 10. The molecule has 1 aliphatic rings. The first-order valence-corrected chi connectivity index (χ1v) is 14.5. The van der Waals surface area contributed by atoms with E-state index in [4.69, 9.17) is 0 Å². The summed E-state index contributed by atoms with van der Waals surface area (Å²) in [5.41, 5.74) is 0.546. The van der Waals surface area contributed by atoms with Gasteiger partial charge >= 0.3 is 5.69 Å². The number of carbonyl (C=O) groups excluding carboxylic acids is 3. The molecule has 0 atom stereocenters. The van der Waals surface area contributed by atoms with Crippen LogP contribution in [0.2, 0.25) is 0 Å². The summed E-state index contributed by atoms with van der Waals surface area (Å²) in [6.07, 6.45) is 7.16. The second-order valence-corrected chi connectivity index (χ2v) is 10.4. The monoisotopic (exact) mass is 624 g/mol. The highest BCUT2D eigenvalue weighted by atomic mass is 32.2.